The van der Waals surface area contributed by atoms with E-state index < -0.39 is 6.17 Å². The van der Waals surface area contributed by atoms with Gasteiger partial charge in [-0.25, -0.2) is 4.39 Å². The molecule has 3 atom stereocenters. The molecule has 0 bridgehead atoms. The second-order valence-electron chi connectivity index (χ2n) is 4.87. The predicted octanol–water partition coefficient (Wildman–Crippen LogP) is 2.51. The van der Waals surface area contributed by atoms with Crippen molar-refractivity contribution >= 4 is 0 Å². The van der Waals surface area contributed by atoms with E-state index in [0.29, 0.717) is 25.0 Å². The average molecular weight is 217 g/mol. The standard InChI is InChI=1S/C12H24FNO/c1-9(2)11(8-14)12(13)6-5-10-4-3-7-15-10/h9-12H,3-8,14H2,1-2H3. The van der Waals surface area contributed by atoms with E-state index in [4.69, 9.17) is 10.5 Å². The van der Waals surface area contributed by atoms with Crippen molar-refractivity contribution in [2.75, 3.05) is 13.2 Å². The Hall–Kier alpha value is -0.150. The first-order chi connectivity index (χ1) is 7.15. The van der Waals surface area contributed by atoms with Crippen LogP contribution in [0.15, 0.2) is 0 Å². The normalized spacial score (nSPS) is 25.8. The highest BCUT2D eigenvalue weighted by Gasteiger charge is 2.25. The lowest BCUT2D eigenvalue weighted by Gasteiger charge is -2.23. The summed E-state index contributed by atoms with van der Waals surface area (Å²) >= 11 is 0. The third kappa shape index (κ3) is 4.07. The molecule has 3 heteroatoms. The first kappa shape index (κ1) is 12.9. The molecule has 0 aromatic rings. The summed E-state index contributed by atoms with van der Waals surface area (Å²) in [6.45, 7) is 5.38. The lowest BCUT2D eigenvalue weighted by molar-refractivity contribution is 0.0844. The third-order valence-corrected chi connectivity index (χ3v) is 3.38. The molecule has 0 amide bonds. The average Bonchev–Trinajstić information content (AvgIpc) is 2.67. The minimum absolute atomic E-state index is 0.00593. The maximum absolute atomic E-state index is 13.8. The lowest BCUT2D eigenvalue weighted by atomic mass is 9.88. The van der Waals surface area contributed by atoms with Gasteiger partial charge in [-0.05, 0) is 38.1 Å². The Morgan fingerprint density at radius 3 is 2.67 bits per heavy atom. The monoisotopic (exact) mass is 217 g/mol. The van der Waals surface area contributed by atoms with Crippen LogP contribution in [0.1, 0.15) is 39.5 Å². The van der Waals surface area contributed by atoms with E-state index in [1.165, 1.54) is 0 Å². The summed E-state index contributed by atoms with van der Waals surface area (Å²) in [5, 5.41) is 0. The van der Waals surface area contributed by atoms with E-state index >= 15 is 0 Å². The molecule has 90 valence electrons. The third-order valence-electron chi connectivity index (χ3n) is 3.38. The number of ether oxygens (including phenoxy) is 1. The van der Waals surface area contributed by atoms with Crippen molar-refractivity contribution in [1.82, 2.24) is 0 Å². The molecule has 0 spiro atoms. The predicted molar refractivity (Wildman–Crippen MR) is 60.5 cm³/mol. The van der Waals surface area contributed by atoms with E-state index in [0.717, 1.165) is 25.9 Å². The molecule has 0 aliphatic carbocycles. The molecule has 3 unspecified atom stereocenters. The minimum Gasteiger partial charge on any atom is -0.378 e. The Morgan fingerprint density at radius 1 is 1.47 bits per heavy atom. The number of halogens is 1. The topological polar surface area (TPSA) is 35.2 Å². The van der Waals surface area contributed by atoms with Gasteiger partial charge in [-0.15, -0.1) is 0 Å². The van der Waals surface area contributed by atoms with Crippen molar-refractivity contribution in [1.29, 1.82) is 0 Å². The molecule has 1 rings (SSSR count). The summed E-state index contributed by atoms with van der Waals surface area (Å²) in [6, 6.07) is 0. The van der Waals surface area contributed by atoms with Crippen molar-refractivity contribution in [3.8, 4) is 0 Å². The van der Waals surface area contributed by atoms with Crippen LogP contribution in [-0.4, -0.2) is 25.4 Å². The summed E-state index contributed by atoms with van der Waals surface area (Å²) in [5.41, 5.74) is 5.59. The molecule has 1 aliphatic rings. The molecule has 1 fully saturated rings. The molecule has 1 saturated heterocycles. The highest BCUT2D eigenvalue weighted by Crippen LogP contribution is 2.24. The largest absolute Gasteiger partial charge is 0.378 e. The van der Waals surface area contributed by atoms with Gasteiger partial charge in [0.05, 0.1) is 6.10 Å². The van der Waals surface area contributed by atoms with Crippen LogP contribution in [0.5, 0.6) is 0 Å². The first-order valence-electron chi connectivity index (χ1n) is 6.11. The van der Waals surface area contributed by atoms with Crippen LogP contribution in [0.4, 0.5) is 4.39 Å². The zero-order valence-electron chi connectivity index (χ0n) is 9.92. The maximum Gasteiger partial charge on any atom is 0.104 e. The summed E-state index contributed by atoms with van der Waals surface area (Å²) in [6.07, 6.45) is 3.22. The fourth-order valence-corrected chi connectivity index (χ4v) is 2.27. The van der Waals surface area contributed by atoms with Crippen LogP contribution < -0.4 is 5.73 Å². The van der Waals surface area contributed by atoms with Gasteiger partial charge in [-0.2, -0.15) is 0 Å². The Balaban J connectivity index is 2.23. The molecule has 0 saturated carbocycles. The number of rotatable bonds is 6. The number of hydrogen-bond donors (Lipinski definition) is 1. The zero-order chi connectivity index (χ0) is 11.3. The van der Waals surface area contributed by atoms with Crippen molar-refractivity contribution in [2.24, 2.45) is 17.6 Å². The van der Waals surface area contributed by atoms with Crippen molar-refractivity contribution in [2.45, 2.75) is 51.8 Å². The van der Waals surface area contributed by atoms with Gasteiger partial charge in [0.2, 0.25) is 0 Å². The van der Waals surface area contributed by atoms with Crippen LogP contribution in [0, 0.1) is 11.8 Å². The van der Waals surface area contributed by atoms with Gasteiger partial charge in [0.15, 0.2) is 0 Å². The highest BCUT2D eigenvalue weighted by molar-refractivity contribution is 4.75. The van der Waals surface area contributed by atoms with Gasteiger partial charge in [0.25, 0.3) is 0 Å². The quantitative estimate of drug-likeness (QED) is 0.742. The van der Waals surface area contributed by atoms with E-state index in [-0.39, 0.29) is 5.92 Å². The van der Waals surface area contributed by atoms with Gasteiger partial charge in [-0.1, -0.05) is 13.8 Å². The molecule has 0 radical (unpaired) electrons. The van der Waals surface area contributed by atoms with E-state index in [9.17, 15) is 4.39 Å². The molecule has 2 N–H and O–H groups in total. The van der Waals surface area contributed by atoms with Crippen molar-refractivity contribution in [3.05, 3.63) is 0 Å². The maximum atomic E-state index is 13.8. The van der Waals surface area contributed by atoms with Crippen molar-refractivity contribution in [3.63, 3.8) is 0 Å². The fraction of sp³-hybridized carbons (Fsp3) is 1.00. The Morgan fingerprint density at radius 2 is 2.20 bits per heavy atom. The molecule has 1 aliphatic heterocycles. The minimum atomic E-state index is -0.765. The molecule has 2 nitrogen and oxygen atoms in total. The molecule has 0 aromatic heterocycles. The van der Waals surface area contributed by atoms with Crippen LogP contribution in [0.25, 0.3) is 0 Å². The molecular formula is C12H24FNO. The summed E-state index contributed by atoms with van der Waals surface area (Å²) in [5.74, 6) is 0.334. The lowest BCUT2D eigenvalue weighted by Crippen LogP contribution is -2.30. The number of hydrogen-bond acceptors (Lipinski definition) is 2. The van der Waals surface area contributed by atoms with Crippen LogP contribution in [-0.2, 0) is 4.74 Å². The highest BCUT2D eigenvalue weighted by atomic mass is 19.1. The van der Waals surface area contributed by atoms with Gasteiger partial charge in [0, 0.05) is 12.5 Å². The zero-order valence-corrected chi connectivity index (χ0v) is 9.92. The molecule has 15 heavy (non-hydrogen) atoms. The van der Waals surface area contributed by atoms with Gasteiger partial charge in [-0.3, -0.25) is 0 Å². The first-order valence-corrected chi connectivity index (χ1v) is 6.11. The number of alkyl halides is 1. The SMILES string of the molecule is CC(C)C(CN)C(F)CCC1CCCO1. The summed E-state index contributed by atoms with van der Waals surface area (Å²) in [4.78, 5) is 0. The second-order valence-corrected chi connectivity index (χ2v) is 4.87. The van der Waals surface area contributed by atoms with Gasteiger partial charge in [0.1, 0.15) is 6.17 Å². The van der Waals surface area contributed by atoms with Crippen LogP contribution in [0.3, 0.4) is 0 Å². The van der Waals surface area contributed by atoms with Crippen molar-refractivity contribution < 1.29 is 9.13 Å². The number of nitrogens with two attached hydrogens (primary N) is 1. The Kier molecular flexibility index (Phi) is 5.54. The van der Waals surface area contributed by atoms with E-state index in [2.05, 4.69) is 0 Å². The summed E-state index contributed by atoms with van der Waals surface area (Å²) in [7, 11) is 0. The van der Waals surface area contributed by atoms with Gasteiger partial charge >= 0.3 is 0 Å². The van der Waals surface area contributed by atoms with Crippen LogP contribution in [0.2, 0.25) is 0 Å². The fourth-order valence-electron chi connectivity index (χ4n) is 2.27. The summed E-state index contributed by atoms with van der Waals surface area (Å²) < 4.78 is 19.3. The van der Waals surface area contributed by atoms with Crippen LogP contribution >= 0.6 is 0 Å². The molecule has 1 heterocycles. The molecular weight excluding hydrogens is 193 g/mol. The van der Waals surface area contributed by atoms with E-state index in [1.54, 1.807) is 0 Å². The smallest absolute Gasteiger partial charge is 0.104 e. The Bertz CT molecular complexity index is 169. The van der Waals surface area contributed by atoms with Gasteiger partial charge < -0.3 is 10.5 Å². The Labute approximate surface area is 92.4 Å². The second kappa shape index (κ2) is 6.44. The van der Waals surface area contributed by atoms with E-state index in [1.807, 2.05) is 13.8 Å². The molecule has 0 aromatic carbocycles.